The first-order valence-corrected chi connectivity index (χ1v) is 5.72. The predicted octanol–water partition coefficient (Wildman–Crippen LogP) is 2.67. The van der Waals surface area contributed by atoms with Gasteiger partial charge in [0.15, 0.2) is 0 Å². The van der Waals surface area contributed by atoms with Crippen LogP contribution in [-0.2, 0) is 4.74 Å². The van der Waals surface area contributed by atoms with Crippen LogP contribution in [0.5, 0.6) is 0 Å². The second-order valence-electron chi connectivity index (χ2n) is 3.71. The first-order valence-electron chi connectivity index (χ1n) is 5.34. The third kappa shape index (κ3) is 2.51. The van der Waals surface area contributed by atoms with Gasteiger partial charge in [-0.05, 0) is 25.3 Å². The zero-order valence-electron chi connectivity index (χ0n) is 8.87. The van der Waals surface area contributed by atoms with Gasteiger partial charge in [0.25, 0.3) is 0 Å². The predicted molar refractivity (Wildman–Crippen MR) is 64.3 cm³/mol. The van der Waals surface area contributed by atoms with E-state index < -0.39 is 0 Å². The van der Waals surface area contributed by atoms with Crippen molar-refractivity contribution in [2.45, 2.75) is 25.5 Å². The highest BCUT2D eigenvalue weighted by Crippen LogP contribution is 2.23. The summed E-state index contributed by atoms with van der Waals surface area (Å²) in [6.07, 6.45) is 6.12. The van der Waals surface area contributed by atoms with Gasteiger partial charge >= 0.3 is 0 Å². The molecule has 0 bridgehead atoms. The van der Waals surface area contributed by atoms with Crippen molar-refractivity contribution < 1.29 is 4.74 Å². The Morgan fingerprint density at radius 1 is 1.56 bits per heavy atom. The zero-order valence-corrected chi connectivity index (χ0v) is 9.63. The molecule has 4 nitrogen and oxygen atoms in total. The quantitative estimate of drug-likeness (QED) is 0.630. The van der Waals surface area contributed by atoms with E-state index in [9.17, 15) is 0 Å². The number of nitrogens with zero attached hydrogens (tertiary/aromatic N) is 1. The monoisotopic (exact) mass is 239 g/mol. The molecule has 1 saturated heterocycles. The lowest BCUT2D eigenvalue weighted by molar-refractivity contribution is 0.0343. The molecule has 0 aliphatic carbocycles. The van der Waals surface area contributed by atoms with Crippen LogP contribution in [0.4, 0.5) is 5.69 Å². The fourth-order valence-corrected chi connectivity index (χ4v) is 1.95. The minimum Gasteiger partial charge on any atom is -0.359 e. The molecule has 2 rings (SSSR count). The summed E-state index contributed by atoms with van der Waals surface area (Å²) in [5.41, 5.74) is 1.42. The van der Waals surface area contributed by atoms with E-state index in [-0.39, 0.29) is 6.23 Å². The molecular formula is C11H14ClN3O. The minimum absolute atomic E-state index is 0.0194. The number of hydrogen-bond acceptors (Lipinski definition) is 4. The highest BCUT2D eigenvalue weighted by atomic mass is 35.5. The second-order valence-corrected chi connectivity index (χ2v) is 4.06. The smallest absolute Gasteiger partial charge is 0.139 e. The highest BCUT2D eigenvalue weighted by molar-refractivity contribution is 6.32. The van der Waals surface area contributed by atoms with Crippen molar-refractivity contribution in [2.75, 3.05) is 11.9 Å². The average Bonchev–Trinajstić information content (AvgIpc) is 2.31. The molecule has 1 aliphatic rings. The van der Waals surface area contributed by atoms with Gasteiger partial charge in [-0.25, -0.2) is 4.98 Å². The van der Waals surface area contributed by atoms with Crippen LogP contribution in [0.2, 0.25) is 5.15 Å². The molecular weight excluding hydrogens is 226 g/mol. The lowest BCUT2D eigenvalue weighted by Crippen LogP contribution is -2.27. The fourth-order valence-electron chi connectivity index (χ4n) is 1.74. The maximum Gasteiger partial charge on any atom is 0.139 e. The van der Waals surface area contributed by atoms with E-state index in [2.05, 4.69) is 10.3 Å². The molecule has 0 radical (unpaired) electrons. The SMILES string of the molecule is N=Cc1c(NC2CCCCO2)ccnc1Cl. The highest BCUT2D eigenvalue weighted by Gasteiger charge is 2.15. The van der Waals surface area contributed by atoms with Gasteiger partial charge in [0, 0.05) is 24.7 Å². The van der Waals surface area contributed by atoms with Crippen LogP contribution in [0.15, 0.2) is 12.3 Å². The normalized spacial score (nSPS) is 20.4. The summed E-state index contributed by atoms with van der Waals surface area (Å²) in [5, 5.41) is 10.9. The summed E-state index contributed by atoms with van der Waals surface area (Å²) >= 11 is 5.90. The Kier molecular flexibility index (Phi) is 3.74. The Balaban J connectivity index is 2.13. The Morgan fingerprint density at radius 2 is 2.44 bits per heavy atom. The first kappa shape index (κ1) is 11.4. The Labute approximate surface area is 99.5 Å². The van der Waals surface area contributed by atoms with Crippen molar-refractivity contribution in [2.24, 2.45) is 0 Å². The minimum atomic E-state index is 0.0194. The van der Waals surface area contributed by atoms with Crippen molar-refractivity contribution in [1.82, 2.24) is 4.98 Å². The molecule has 1 aliphatic heterocycles. The average molecular weight is 240 g/mol. The topological polar surface area (TPSA) is 58.0 Å². The molecule has 0 saturated carbocycles. The molecule has 0 aromatic carbocycles. The largest absolute Gasteiger partial charge is 0.359 e. The molecule has 2 N–H and O–H groups in total. The molecule has 1 fully saturated rings. The summed E-state index contributed by atoms with van der Waals surface area (Å²) in [6, 6.07) is 1.81. The third-order valence-corrected chi connectivity index (χ3v) is 2.88. The molecule has 5 heteroatoms. The van der Waals surface area contributed by atoms with E-state index in [0.29, 0.717) is 10.7 Å². The van der Waals surface area contributed by atoms with Crippen LogP contribution >= 0.6 is 11.6 Å². The van der Waals surface area contributed by atoms with E-state index in [1.165, 1.54) is 6.21 Å². The van der Waals surface area contributed by atoms with Gasteiger partial charge in [-0.3, -0.25) is 0 Å². The van der Waals surface area contributed by atoms with Gasteiger partial charge in [0.1, 0.15) is 11.4 Å². The Bertz CT molecular complexity index is 377. The van der Waals surface area contributed by atoms with Crippen molar-refractivity contribution in [1.29, 1.82) is 5.41 Å². The number of halogens is 1. The number of hydrogen-bond donors (Lipinski definition) is 2. The van der Waals surface area contributed by atoms with Crippen LogP contribution < -0.4 is 5.32 Å². The first-order chi connectivity index (χ1) is 7.81. The summed E-state index contributed by atoms with van der Waals surface area (Å²) in [5.74, 6) is 0. The number of ether oxygens (including phenoxy) is 1. The van der Waals surface area contributed by atoms with Crippen molar-refractivity contribution in [3.05, 3.63) is 23.0 Å². The van der Waals surface area contributed by atoms with Crippen LogP contribution in [0.1, 0.15) is 24.8 Å². The van der Waals surface area contributed by atoms with Crippen molar-refractivity contribution >= 4 is 23.5 Å². The second kappa shape index (κ2) is 5.27. The van der Waals surface area contributed by atoms with Gasteiger partial charge in [-0.1, -0.05) is 11.6 Å². The summed E-state index contributed by atoms with van der Waals surface area (Å²) in [4.78, 5) is 3.94. The van der Waals surface area contributed by atoms with Crippen LogP contribution in [0.3, 0.4) is 0 Å². The lowest BCUT2D eigenvalue weighted by Gasteiger charge is -2.25. The van der Waals surface area contributed by atoms with E-state index >= 15 is 0 Å². The molecule has 1 atom stereocenters. The molecule has 2 heterocycles. The van der Waals surface area contributed by atoms with E-state index in [1.807, 2.05) is 6.07 Å². The number of aromatic nitrogens is 1. The number of nitrogens with one attached hydrogen (secondary N) is 2. The van der Waals surface area contributed by atoms with Crippen molar-refractivity contribution in [3.8, 4) is 0 Å². The summed E-state index contributed by atoms with van der Waals surface area (Å²) in [6.45, 7) is 0.788. The number of anilines is 1. The van der Waals surface area contributed by atoms with E-state index in [0.717, 1.165) is 31.6 Å². The van der Waals surface area contributed by atoms with Gasteiger partial charge in [0.2, 0.25) is 0 Å². The molecule has 1 unspecified atom stereocenters. The standard InChI is InChI=1S/C11H14ClN3O/c12-11-8(7-13)9(4-5-14-11)15-10-3-1-2-6-16-10/h4-5,7,10,13H,1-3,6H2,(H,14,15). The van der Waals surface area contributed by atoms with Crippen LogP contribution in [-0.4, -0.2) is 24.0 Å². The van der Waals surface area contributed by atoms with E-state index in [1.54, 1.807) is 6.20 Å². The molecule has 16 heavy (non-hydrogen) atoms. The summed E-state index contributed by atoms with van der Waals surface area (Å²) in [7, 11) is 0. The Hall–Kier alpha value is -1.13. The maximum absolute atomic E-state index is 7.31. The summed E-state index contributed by atoms with van der Waals surface area (Å²) < 4.78 is 5.57. The number of pyridine rings is 1. The third-order valence-electron chi connectivity index (χ3n) is 2.58. The molecule has 0 amide bonds. The lowest BCUT2D eigenvalue weighted by atomic mass is 10.1. The Morgan fingerprint density at radius 3 is 3.12 bits per heavy atom. The molecule has 0 spiro atoms. The van der Waals surface area contributed by atoms with Crippen LogP contribution in [0, 0.1) is 5.41 Å². The fraction of sp³-hybridized carbons (Fsp3) is 0.455. The molecule has 1 aromatic heterocycles. The number of rotatable bonds is 3. The van der Waals surface area contributed by atoms with Crippen LogP contribution in [0.25, 0.3) is 0 Å². The molecule has 1 aromatic rings. The van der Waals surface area contributed by atoms with Gasteiger partial charge in [-0.2, -0.15) is 0 Å². The van der Waals surface area contributed by atoms with Gasteiger partial charge < -0.3 is 15.5 Å². The van der Waals surface area contributed by atoms with Gasteiger partial charge in [-0.15, -0.1) is 0 Å². The maximum atomic E-state index is 7.31. The molecule has 86 valence electrons. The van der Waals surface area contributed by atoms with Crippen molar-refractivity contribution in [3.63, 3.8) is 0 Å². The van der Waals surface area contributed by atoms with E-state index in [4.69, 9.17) is 21.7 Å². The van der Waals surface area contributed by atoms with Gasteiger partial charge in [0.05, 0.1) is 5.56 Å². The zero-order chi connectivity index (χ0) is 11.4.